The molecular formula is C24H32FNO4. The number of hydrogen-bond acceptors (Lipinski definition) is 5. The zero-order chi connectivity index (χ0) is 21.3. The van der Waals surface area contributed by atoms with Gasteiger partial charge in [-0.05, 0) is 49.4 Å². The molecule has 1 fully saturated rings. The Balaban J connectivity index is 1.33. The maximum absolute atomic E-state index is 14.4. The van der Waals surface area contributed by atoms with Crippen molar-refractivity contribution in [3.05, 3.63) is 59.9 Å². The number of hydrogen-bond donors (Lipinski definition) is 3. The van der Waals surface area contributed by atoms with Crippen molar-refractivity contribution in [3.8, 4) is 11.1 Å². The van der Waals surface area contributed by atoms with E-state index in [1.54, 1.807) is 6.07 Å². The molecule has 6 heteroatoms. The Hall–Kier alpha value is -1.83. The highest BCUT2D eigenvalue weighted by Gasteiger charge is 2.32. The number of halogens is 1. The molecule has 3 rings (SSSR count). The number of benzene rings is 2. The lowest BCUT2D eigenvalue weighted by Crippen LogP contribution is -2.53. The van der Waals surface area contributed by atoms with Crippen LogP contribution in [0.4, 0.5) is 4.39 Å². The Morgan fingerprint density at radius 3 is 2.53 bits per heavy atom. The lowest BCUT2D eigenvalue weighted by Gasteiger charge is -2.39. The van der Waals surface area contributed by atoms with Gasteiger partial charge in [-0.3, -0.25) is 4.90 Å². The van der Waals surface area contributed by atoms with Gasteiger partial charge in [0.25, 0.3) is 0 Å². The topological polar surface area (TPSA) is 73.2 Å². The lowest BCUT2D eigenvalue weighted by atomic mass is 9.97. The molecule has 1 aliphatic rings. The third-order valence-electron chi connectivity index (χ3n) is 5.73. The standard InChI is InChI=1S/C24H32FNO4/c25-22-13-18(9-10-21(22)19-7-3-1-4-8-19)17-30-12-6-2-5-11-26-15-24(29)23(28)14-20(26)16-27/h1,3-4,7-10,13,20,23-24,27-29H,2,5-6,11-12,14-17H2/t20-,23?,24+/m1/s1. The molecule has 0 aromatic heterocycles. The predicted molar refractivity (Wildman–Crippen MR) is 114 cm³/mol. The number of nitrogens with zero attached hydrogens (tertiary/aromatic N) is 1. The fourth-order valence-electron chi connectivity index (χ4n) is 3.95. The van der Waals surface area contributed by atoms with E-state index in [1.807, 2.05) is 36.4 Å². The smallest absolute Gasteiger partial charge is 0.131 e. The summed E-state index contributed by atoms with van der Waals surface area (Å²) in [6.45, 7) is 2.16. The third kappa shape index (κ3) is 6.33. The van der Waals surface area contributed by atoms with Gasteiger partial charge in [0.15, 0.2) is 0 Å². The summed E-state index contributed by atoms with van der Waals surface area (Å²) in [5.74, 6) is -0.241. The van der Waals surface area contributed by atoms with Crippen LogP contribution in [0.3, 0.4) is 0 Å². The molecule has 0 spiro atoms. The van der Waals surface area contributed by atoms with E-state index in [9.17, 15) is 19.7 Å². The van der Waals surface area contributed by atoms with E-state index in [4.69, 9.17) is 4.74 Å². The zero-order valence-corrected chi connectivity index (χ0v) is 17.3. The van der Waals surface area contributed by atoms with Gasteiger partial charge in [-0.2, -0.15) is 0 Å². The number of rotatable bonds is 10. The molecule has 1 unspecified atom stereocenters. The largest absolute Gasteiger partial charge is 0.395 e. The summed E-state index contributed by atoms with van der Waals surface area (Å²) in [5, 5.41) is 29.0. The van der Waals surface area contributed by atoms with Gasteiger partial charge in [-0.15, -0.1) is 0 Å². The normalized spacial score (nSPS) is 22.3. The molecule has 2 aromatic carbocycles. The van der Waals surface area contributed by atoms with Crippen LogP contribution in [0.2, 0.25) is 0 Å². The summed E-state index contributed by atoms with van der Waals surface area (Å²) in [6.07, 6.45) is 1.70. The quantitative estimate of drug-likeness (QED) is 0.519. The first-order chi connectivity index (χ1) is 14.6. The SMILES string of the molecule is OC[C@H]1CC(O)[C@@H](O)CN1CCCCCOCc1ccc(-c2ccccc2)c(F)c1. The molecule has 0 radical (unpaired) electrons. The van der Waals surface area contributed by atoms with Crippen molar-refractivity contribution < 1.29 is 24.4 Å². The lowest BCUT2D eigenvalue weighted by molar-refractivity contribution is -0.0711. The van der Waals surface area contributed by atoms with Crippen molar-refractivity contribution in [2.45, 2.75) is 50.5 Å². The van der Waals surface area contributed by atoms with Crippen LogP contribution in [0.25, 0.3) is 11.1 Å². The van der Waals surface area contributed by atoms with Crippen LogP contribution in [-0.4, -0.2) is 64.8 Å². The molecule has 0 aliphatic carbocycles. The molecule has 2 aromatic rings. The highest BCUT2D eigenvalue weighted by Crippen LogP contribution is 2.23. The molecule has 30 heavy (non-hydrogen) atoms. The molecule has 5 nitrogen and oxygen atoms in total. The van der Waals surface area contributed by atoms with Crippen molar-refractivity contribution >= 4 is 0 Å². The molecule has 164 valence electrons. The summed E-state index contributed by atoms with van der Waals surface area (Å²) in [4.78, 5) is 2.05. The Labute approximate surface area is 177 Å². The van der Waals surface area contributed by atoms with Gasteiger partial charge in [-0.1, -0.05) is 42.5 Å². The average molecular weight is 418 g/mol. The summed E-state index contributed by atoms with van der Waals surface area (Å²) >= 11 is 0. The number of piperidine rings is 1. The second-order valence-electron chi connectivity index (χ2n) is 8.00. The maximum Gasteiger partial charge on any atom is 0.131 e. The first-order valence-corrected chi connectivity index (χ1v) is 10.7. The molecule has 3 N–H and O–H groups in total. The molecule has 3 atom stereocenters. The summed E-state index contributed by atoms with van der Waals surface area (Å²) in [5.41, 5.74) is 2.27. The molecular weight excluding hydrogens is 385 g/mol. The second-order valence-corrected chi connectivity index (χ2v) is 8.00. The summed E-state index contributed by atoms with van der Waals surface area (Å²) in [7, 11) is 0. The van der Waals surface area contributed by atoms with E-state index < -0.39 is 12.2 Å². The Kier molecular flexibility index (Phi) is 8.78. The highest BCUT2D eigenvalue weighted by atomic mass is 19.1. The minimum absolute atomic E-state index is 0.00743. The number of aliphatic hydroxyl groups excluding tert-OH is 3. The van der Waals surface area contributed by atoms with Crippen molar-refractivity contribution in [3.63, 3.8) is 0 Å². The average Bonchev–Trinajstić information content (AvgIpc) is 2.76. The van der Waals surface area contributed by atoms with Crippen LogP contribution in [0.1, 0.15) is 31.2 Å². The Morgan fingerprint density at radius 1 is 1.00 bits per heavy atom. The van der Waals surface area contributed by atoms with Crippen LogP contribution < -0.4 is 0 Å². The number of likely N-dealkylation sites (tertiary alicyclic amines) is 1. The summed E-state index contributed by atoms with van der Waals surface area (Å²) < 4.78 is 20.1. The zero-order valence-electron chi connectivity index (χ0n) is 17.3. The molecule has 0 saturated carbocycles. The summed E-state index contributed by atoms with van der Waals surface area (Å²) in [6, 6.07) is 14.6. The first kappa shape index (κ1) is 22.8. The molecule has 1 aliphatic heterocycles. The van der Waals surface area contributed by atoms with Crippen LogP contribution in [0.5, 0.6) is 0 Å². The highest BCUT2D eigenvalue weighted by molar-refractivity contribution is 5.64. The van der Waals surface area contributed by atoms with Crippen LogP contribution in [0.15, 0.2) is 48.5 Å². The van der Waals surface area contributed by atoms with Crippen molar-refractivity contribution in [2.24, 2.45) is 0 Å². The maximum atomic E-state index is 14.4. The van der Waals surface area contributed by atoms with E-state index in [1.165, 1.54) is 6.07 Å². The molecule has 1 heterocycles. The Bertz CT molecular complexity index is 773. The molecule has 1 saturated heterocycles. The third-order valence-corrected chi connectivity index (χ3v) is 5.73. The monoisotopic (exact) mass is 417 g/mol. The van der Waals surface area contributed by atoms with Crippen LogP contribution in [0, 0.1) is 5.82 Å². The number of ether oxygens (including phenoxy) is 1. The Morgan fingerprint density at radius 2 is 1.80 bits per heavy atom. The minimum Gasteiger partial charge on any atom is -0.395 e. The van der Waals surface area contributed by atoms with Crippen molar-refractivity contribution in [1.82, 2.24) is 4.90 Å². The van der Waals surface area contributed by atoms with Gasteiger partial charge in [0.2, 0.25) is 0 Å². The van der Waals surface area contributed by atoms with Gasteiger partial charge in [0.05, 0.1) is 25.4 Å². The fraction of sp³-hybridized carbons (Fsp3) is 0.500. The van der Waals surface area contributed by atoms with E-state index in [0.717, 1.165) is 36.9 Å². The fourth-order valence-corrected chi connectivity index (χ4v) is 3.95. The van der Waals surface area contributed by atoms with Gasteiger partial charge in [-0.25, -0.2) is 4.39 Å². The van der Waals surface area contributed by atoms with Gasteiger partial charge < -0.3 is 20.1 Å². The van der Waals surface area contributed by atoms with E-state index >= 15 is 0 Å². The van der Waals surface area contributed by atoms with E-state index in [-0.39, 0.29) is 18.5 Å². The van der Waals surface area contributed by atoms with Crippen LogP contribution >= 0.6 is 0 Å². The first-order valence-electron chi connectivity index (χ1n) is 10.7. The number of unbranched alkanes of at least 4 members (excludes halogenated alkanes) is 2. The van der Waals surface area contributed by atoms with E-state index in [0.29, 0.717) is 31.7 Å². The van der Waals surface area contributed by atoms with Crippen molar-refractivity contribution in [1.29, 1.82) is 0 Å². The van der Waals surface area contributed by atoms with Crippen molar-refractivity contribution in [2.75, 3.05) is 26.3 Å². The second kappa shape index (κ2) is 11.5. The van der Waals surface area contributed by atoms with Gasteiger partial charge in [0, 0.05) is 24.8 Å². The predicted octanol–water partition coefficient (Wildman–Crippen LogP) is 2.97. The number of β-amino-alcohol motifs (C(OH)–C–C–N with tert-alkyl or cyclic N) is 1. The molecule has 0 amide bonds. The van der Waals surface area contributed by atoms with Crippen LogP contribution in [-0.2, 0) is 11.3 Å². The minimum atomic E-state index is -0.751. The number of aliphatic hydroxyl groups is 3. The van der Waals surface area contributed by atoms with E-state index in [2.05, 4.69) is 4.90 Å². The van der Waals surface area contributed by atoms with Gasteiger partial charge >= 0.3 is 0 Å². The molecule has 0 bridgehead atoms. The van der Waals surface area contributed by atoms with Gasteiger partial charge in [0.1, 0.15) is 5.82 Å².